The molecular formula is C20H15F5N4O3. The number of carboxylic acid groups (broad SMARTS) is 1. The normalized spacial score (nSPS) is 17.0. The van der Waals surface area contributed by atoms with Crippen molar-refractivity contribution in [2.45, 2.75) is 12.2 Å². The standard InChI is InChI=1S/C20H15F5N4O3/c21-13-8-12(17-26-18(32-27-17)20(23,24)25)9-14(22)16(13)29-7-6-28(19(30)31)10-15(29)11-4-2-1-3-5-11/h1-5,8-9,15H,6-7,10H2,(H,30,31). The van der Waals surface area contributed by atoms with Gasteiger partial charge in [0.05, 0.1) is 6.04 Å². The SMILES string of the molecule is O=C(O)N1CCN(c2c(F)cc(-c3noc(C(F)(F)F)n3)cc2F)C(c2ccccc2)C1. The Balaban J connectivity index is 1.72. The van der Waals surface area contributed by atoms with Gasteiger partial charge in [0.1, 0.15) is 17.3 Å². The van der Waals surface area contributed by atoms with E-state index < -0.39 is 47.3 Å². The first-order valence-corrected chi connectivity index (χ1v) is 9.35. The molecule has 1 N–H and O–H groups in total. The van der Waals surface area contributed by atoms with E-state index in [1.165, 1.54) is 4.90 Å². The summed E-state index contributed by atoms with van der Waals surface area (Å²) in [5.41, 5.74) is -0.107. The summed E-state index contributed by atoms with van der Waals surface area (Å²) in [5, 5.41) is 12.5. The van der Waals surface area contributed by atoms with Crippen molar-refractivity contribution in [2.75, 3.05) is 24.5 Å². The van der Waals surface area contributed by atoms with Crippen LogP contribution in [0.4, 0.5) is 32.4 Å². The quantitative estimate of drug-likeness (QED) is 0.584. The van der Waals surface area contributed by atoms with Crippen LogP contribution >= 0.6 is 0 Å². The van der Waals surface area contributed by atoms with Crippen LogP contribution in [0.5, 0.6) is 0 Å². The lowest BCUT2D eigenvalue weighted by molar-refractivity contribution is -0.159. The van der Waals surface area contributed by atoms with E-state index in [9.17, 15) is 23.1 Å². The highest BCUT2D eigenvalue weighted by molar-refractivity contribution is 5.67. The topological polar surface area (TPSA) is 82.7 Å². The minimum atomic E-state index is -4.89. The molecule has 1 amide bonds. The van der Waals surface area contributed by atoms with E-state index in [2.05, 4.69) is 14.7 Å². The third-order valence-corrected chi connectivity index (χ3v) is 5.07. The van der Waals surface area contributed by atoms with Gasteiger partial charge in [-0.25, -0.2) is 13.6 Å². The van der Waals surface area contributed by atoms with Gasteiger partial charge in [-0.05, 0) is 17.7 Å². The van der Waals surface area contributed by atoms with Crippen molar-refractivity contribution in [1.82, 2.24) is 15.0 Å². The average Bonchev–Trinajstić information content (AvgIpc) is 3.25. The molecule has 0 radical (unpaired) electrons. The Hall–Kier alpha value is -3.70. The number of carbonyl (C=O) groups is 1. The van der Waals surface area contributed by atoms with Gasteiger partial charge in [-0.15, -0.1) is 0 Å². The molecule has 3 aromatic rings. The van der Waals surface area contributed by atoms with Crippen LogP contribution in [0.25, 0.3) is 11.4 Å². The van der Waals surface area contributed by atoms with Crippen molar-refractivity contribution >= 4 is 11.8 Å². The van der Waals surface area contributed by atoms with Gasteiger partial charge in [-0.2, -0.15) is 18.2 Å². The van der Waals surface area contributed by atoms with Crippen LogP contribution in [0.1, 0.15) is 17.5 Å². The summed E-state index contributed by atoms with van der Waals surface area (Å²) in [4.78, 5) is 17.1. The first-order valence-electron chi connectivity index (χ1n) is 9.35. The molecule has 168 valence electrons. The van der Waals surface area contributed by atoms with E-state index in [-0.39, 0.29) is 25.2 Å². The number of hydrogen-bond donors (Lipinski definition) is 1. The van der Waals surface area contributed by atoms with Crippen molar-refractivity contribution in [3.63, 3.8) is 0 Å². The van der Waals surface area contributed by atoms with Gasteiger partial charge in [-0.3, -0.25) is 0 Å². The zero-order valence-electron chi connectivity index (χ0n) is 16.2. The molecule has 1 unspecified atom stereocenters. The molecule has 32 heavy (non-hydrogen) atoms. The van der Waals surface area contributed by atoms with Crippen LogP contribution in [-0.2, 0) is 6.18 Å². The molecule has 1 aliphatic rings. The maximum absolute atomic E-state index is 15.0. The number of rotatable bonds is 3. The molecule has 0 aliphatic carbocycles. The lowest BCUT2D eigenvalue weighted by atomic mass is 10.0. The van der Waals surface area contributed by atoms with Gasteiger partial charge in [0.2, 0.25) is 5.82 Å². The second-order valence-electron chi connectivity index (χ2n) is 7.06. The van der Waals surface area contributed by atoms with E-state index in [4.69, 9.17) is 0 Å². The first kappa shape index (κ1) is 21.5. The Morgan fingerprint density at radius 3 is 2.31 bits per heavy atom. The van der Waals surface area contributed by atoms with Gasteiger partial charge in [-0.1, -0.05) is 35.5 Å². The number of anilines is 1. The largest absolute Gasteiger partial charge is 0.471 e. The second-order valence-corrected chi connectivity index (χ2v) is 7.06. The maximum atomic E-state index is 15.0. The monoisotopic (exact) mass is 454 g/mol. The summed E-state index contributed by atoms with van der Waals surface area (Å²) in [6, 6.07) is 9.56. The van der Waals surface area contributed by atoms with E-state index in [0.717, 1.165) is 17.0 Å². The number of halogens is 5. The number of benzene rings is 2. The van der Waals surface area contributed by atoms with Crippen LogP contribution in [0.3, 0.4) is 0 Å². The molecule has 1 saturated heterocycles. The van der Waals surface area contributed by atoms with Crippen LogP contribution in [-0.4, -0.2) is 45.9 Å². The fourth-order valence-corrected chi connectivity index (χ4v) is 3.61. The third-order valence-electron chi connectivity index (χ3n) is 5.07. The van der Waals surface area contributed by atoms with Crippen molar-refractivity contribution in [3.05, 3.63) is 65.6 Å². The molecule has 1 fully saturated rings. The molecule has 0 bridgehead atoms. The molecule has 1 atom stereocenters. The Bertz CT molecular complexity index is 1110. The van der Waals surface area contributed by atoms with Gasteiger partial charge >= 0.3 is 18.2 Å². The van der Waals surface area contributed by atoms with Gasteiger partial charge in [0.15, 0.2) is 0 Å². The highest BCUT2D eigenvalue weighted by Gasteiger charge is 2.39. The van der Waals surface area contributed by atoms with Gasteiger partial charge in [0.25, 0.3) is 0 Å². The predicted octanol–water partition coefficient (Wildman–Crippen LogP) is 4.57. The first-order chi connectivity index (χ1) is 15.1. The average molecular weight is 454 g/mol. The molecule has 1 aromatic heterocycles. The summed E-state index contributed by atoms with van der Waals surface area (Å²) >= 11 is 0. The van der Waals surface area contributed by atoms with E-state index in [0.29, 0.717) is 5.56 Å². The Labute approximate surface area is 177 Å². The molecule has 1 aliphatic heterocycles. The van der Waals surface area contributed by atoms with Crippen LogP contribution < -0.4 is 4.90 Å². The number of amides is 1. The van der Waals surface area contributed by atoms with Gasteiger partial charge in [0, 0.05) is 25.2 Å². The molecule has 2 heterocycles. The molecule has 0 saturated carbocycles. The Morgan fingerprint density at radius 1 is 1.09 bits per heavy atom. The number of hydrogen-bond acceptors (Lipinski definition) is 5. The Morgan fingerprint density at radius 2 is 1.75 bits per heavy atom. The predicted molar refractivity (Wildman–Crippen MR) is 101 cm³/mol. The molecule has 12 heteroatoms. The van der Waals surface area contributed by atoms with Crippen molar-refractivity contribution in [1.29, 1.82) is 0 Å². The molecule has 4 rings (SSSR count). The summed E-state index contributed by atoms with van der Waals surface area (Å²) in [7, 11) is 0. The van der Waals surface area contributed by atoms with Crippen molar-refractivity contribution < 1.29 is 36.4 Å². The smallest absolute Gasteiger partial charge is 0.465 e. The van der Waals surface area contributed by atoms with Crippen LogP contribution in [0, 0.1) is 11.6 Å². The molecule has 2 aromatic carbocycles. The zero-order valence-corrected chi connectivity index (χ0v) is 16.2. The minimum Gasteiger partial charge on any atom is -0.465 e. The summed E-state index contributed by atoms with van der Waals surface area (Å²) in [5.74, 6) is -4.35. The fraction of sp³-hybridized carbons (Fsp3) is 0.250. The van der Waals surface area contributed by atoms with Crippen molar-refractivity contribution in [3.8, 4) is 11.4 Å². The lowest BCUT2D eigenvalue weighted by Gasteiger charge is -2.42. The minimum absolute atomic E-state index is 0.000516. The van der Waals surface area contributed by atoms with Crippen LogP contribution in [0.15, 0.2) is 47.0 Å². The van der Waals surface area contributed by atoms with Crippen molar-refractivity contribution in [2.24, 2.45) is 0 Å². The number of alkyl halides is 3. The summed E-state index contributed by atoms with van der Waals surface area (Å²) in [6.07, 6.45) is -6.05. The number of aromatic nitrogens is 2. The van der Waals surface area contributed by atoms with Crippen LogP contribution in [0.2, 0.25) is 0 Å². The van der Waals surface area contributed by atoms with E-state index in [1.54, 1.807) is 30.3 Å². The molecule has 0 spiro atoms. The third kappa shape index (κ3) is 4.07. The zero-order chi connectivity index (χ0) is 23.0. The van der Waals surface area contributed by atoms with E-state index >= 15 is 8.78 Å². The second kappa shape index (κ2) is 8.09. The summed E-state index contributed by atoms with van der Waals surface area (Å²) in [6.45, 7) is -0.0156. The van der Waals surface area contributed by atoms with Gasteiger partial charge < -0.3 is 19.4 Å². The Kier molecular flexibility index (Phi) is 5.45. The highest BCUT2D eigenvalue weighted by Crippen LogP contribution is 2.37. The molecule has 7 nitrogen and oxygen atoms in total. The van der Waals surface area contributed by atoms with E-state index in [1.807, 2.05) is 0 Å². The highest BCUT2D eigenvalue weighted by atomic mass is 19.4. The number of piperazine rings is 1. The lowest BCUT2D eigenvalue weighted by Crippen LogP contribution is -2.50. The molecular weight excluding hydrogens is 439 g/mol. The maximum Gasteiger partial charge on any atom is 0.471 e. The summed E-state index contributed by atoms with van der Waals surface area (Å²) < 4.78 is 72.2. The fourth-order valence-electron chi connectivity index (χ4n) is 3.61. The number of nitrogens with zero attached hydrogens (tertiary/aromatic N) is 4.